The topological polar surface area (TPSA) is 38.7 Å². The Balaban J connectivity index is 1.89. The van der Waals surface area contributed by atoms with Crippen LogP contribution in [-0.2, 0) is 4.74 Å². The molecule has 1 aliphatic rings. The molecule has 3 nitrogen and oxygen atoms in total. The second kappa shape index (κ2) is 6.82. The second-order valence-electron chi connectivity index (χ2n) is 4.75. The number of aliphatic hydroxyl groups excluding tert-OH is 1. The van der Waals surface area contributed by atoms with Gasteiger partial charge in [-0.15, -0.1) is 0 Å². The number of alkyl halides is 2. The summed E-state index contributed by atoms with van der Waals surface area (Å²) in [6, 6.07) is 6.16. The summed E-state index contributed by atoms with van der Waals surface area (Å²) < 4.78 is 33.5. The molecular weight excluding hydrogens is 254 g/mol. The first-order valence-corrected chi connectivity index (χ1v) is 6.45. The third-order valence-corrected chi connectivity index (χ3v) is 3.39. The van der Waals surface area contributed by atoms with E-state index in [4.69, 9.17) is 4.74 Å². The summed E-state index contributed by atoms with van der Waals surface area (Å²) in [4.78, 5) is 0. The normalized spacial score (nSPS) is 18.5. The minimum atomic E-state index is -2.82. The Bertz CT molecular complexity index is 375. The Morgan fingerprint density at radius 1 is 1.21 bits per heavy atom. The Labute approximate surface area is 111 Å². The monoisotopic (exact) mass is 272 g/mol. The number of ether oxygens (including phenoxy) is 2. The van der Waals surface area contributed by atoms with Crippen LogP contribution in [0, 0.1) is 5.92 Å². The molecule has 1 saturated heterocycles. The molecule has 1 aliphatic heterocycles. The lowest BCUT2D eigenvalue weighted by molar-refractivity contribution is -0.0498. The van der Waals surface area contributed by atoms with Gasteiger partial charge >= 0.3 is 6.61 Å². The van der Waals surface area contributed by atoms with Gasteiger partial charge in [0.15, 0.2) is 0 Å². The van der Waals surface area contributed by atoms with Gasteiger partial charge in [-0.05, 0) is 42.9 Å². The maximum Gasteiger partial charge on any atom is 0.387 e. The maximum absolute atomic E-state index is 12.0. The van der Waals surface area contributed by atoms with Crippen LogP contribution in [-0.4, -0.2) is 24.9 Å². The number of hydrogen-bond acceptors (Lipinski definition) is 3. The van der Waals surface area contributed by atoms with E-state index in [1.165, 1.54) is 12.1 Å². The van der Waals surface area contributed by atoms with Crippen LogP contribution in [0.15, 0.2) is 24.3 Å². The van der Waals surface area contributed by atoms with Gasteiger partial charge in [0.25, 0.3) is 0 Å². The quantitative estimate of drug-likeness (QED) is 0.895. The van der Waals surface area contributed by atoms with Crippen LogP contribution >= 0.6 is 0 Å². The molecule has 0 aliphatic carbocycles. The Morgan fingerprint density at radius 3 is 2.42 bits per heavy atom. The minimum Gasteiger partial charge on any atom is -0.435 e. The van der Waals surface area contributed by atoms with E-state index in [2.05, 4.69) is 4.74 Å². The highest BCUT2D eigenvalue weighted by atomic mass is 19.3. The highest BCUT2D eigenvalue weighted by Crippen LogP contribution is 2.28. The van der Waals surface area contributed by atoms with Crippen molar-refractivity contribution in [3.8, 4) is 5.75 Å². The summed E-state index contributed by atoms with van der Waals surface area (Å²) in [6.45, 7) is -1.32. The first-order valence-electron chi connectivity index (χ1n) is 6.45. The van der Waals surface area contributed by atoms with E-state index in [0.29, 0.717) is 12.3 Å². The van der Waals surface area contributed by atoms with E-state index < -0.39 is 12.7 Å². The van der Waals surface area contributed by atoms with Crippen LogP contribution < -0.4 is 4.74 Å². The Morgan fingerprint density at radius 2 is 1.84 bits per heavy atom. The summed E-state index contributed by atoms with van der Waals surface area (Å²) >= 11 is 0. The minimum absolute atomic E-state index is 0.108. The summed E-state index contributed by atoms with van der Waals surface area (Å²) in [6.07, 6.45) is 2.04. The van der Waals surface area contributed by atoms with Crippen molar-refractivity contribution in [3.63, 3.8) is 0 Å². The molecule has 0 aromatic heterocycles. The van der Waals surface area contributed by atoms with E-state index >= 15 is 0 Å². The predicted molar refractivity (Wildman–Crippen MR) is 66.2 cm³/mol. The van der Waals surface area contributed by atoms with Gasteiger partial charge in [0.1, 0.15) is 5.75 Å². The number of aliphatic hydroxyl groups is 1. The molecule has 0 amide bonds. The van der Waals surface area contributed by atoms with Crippen LogP contribution in [0.3, 0.4) is 0 Å². The third-order valence-electron chi connectivity index (χ3n) is 3.39. The fourth-order valence-electron chi connectivity index (χ4n) is 2.31. The maximum atomic E-state index is 12.0. The summed E-state index contributed by atoms with van der Waals surface area (Å²) in [5, 5.41) is 10.1. The summed E-state index contributed by atoms with van der Waals surface area (Å²) in [7, 11) is 0. The van der Waals surface area contributed by atoms with Gasteiger partial charge in [-0.1, -0.05) is 12.1 Å². The van der Waals surface area contributed by atoms with E-state index in [1.54, 1.807) is 12.1 Å². The SMILES string of the molecule is OC(CC1CCOCC1)c1ccc(OC(F)F)cc1. The largest absolute Gasteiger partial charge is 0.435 e. The highest BCUT2D eigenvalue weighted by Gasteiger charge is 2.19. The summed E-state index contributed by atoms with van der Waals surface area (Å²) in [5.41, 5.74) is 0.730. The molecule has 0 spiro atoms. The van der Waals surface area contributed by atoms with Gasteiger partial charge in [-0.3, -0.25) is 0 Å². The standard InChI is InChI=1S/C14H18F2O3/c15-14(16)19-12-3-1-11(2-4-12)13(17)9-10-5-7-18-8-6-10/h1-4,10,13-14,17H,5-9H2. The molecule has 1 N–H and O–H groups in total. The molecule has 1 aromatic rings. The molecular formula is C14H18F2O3. The number of halogens is 2. The first-order chi connectivity index (χ1) is 9.15. The van der Waals surface area contributed by atoms with Crippen molar-refractivity contribution < 1.29 is 23.4 Å². The van der Waals surface area contributed by atoms with Crippen molar-refractivity contribution in [2.45, 2.75) is 32.0 Å². The molecule has 1 atom stereocenters. The van der Waals surface area contributed by atoms with Gasteiger partial charge in [-0.2, -0.15) is 8.78 Å². The second-order valence-corrected chi connectivity index (χ2v) is 4.75. The van der Waals surface area contributed by atoms with E-state index in [0.717, 1.165) is 31.6 Å². The molecule has 0 saturated carbocycles. The molecule has 1 aromatic carbocycles. The number of hydrogen-bond donors (Lipinski definition) is 1. The van der Waals surface area contributed by atoms with Crippen molar-refractivity contribution in [1.82, 2.24) is 0 Å². The molecule has 0 radical (unpaired) electrons. The highest BCUT2D eigenvalue weighted by molar-refractivity contribution is 5.28. The molecule has 106 valence electrons. The smallest absolute Gasteiger partial charge is 0.387 e. The van der Waals surface area contributed by atoms with Crippen molar-refractivity contribution in [1.29, 1.82) is 0 Å². The number of rotatable bonds is 5. The van der Waals surface area contributed by atoms with Crippen molar-refractivity contribution in [2.75, 3.05) is 13.2 Å². The van der Waals surface area contributed by atoms with Gasteiger partial charge in [0.2, 0.25) is 0 Å². The summed E-state index contributed by atoms with van der Waals surface area (Å²) in [5.74, 6) is 0.567. The lowest BCUT2D eigenvalue weighted by Gasteiger charge is -2.24. The zero-order valence-electron chi connectivity index (χ0n) is 10.6. The first kappa shape index (κ1) is 14.2. The van der Waals surface area contributed by atoms with Crippen molar-refractivity contribution in [2.24, 2.45) is 5.92 Å². The average Bonchev–Trinajstić information content (AvgIpc) is 2.40. The van der Waals surface area contributed by atoms with Crippen LogP contribution in [0.4, 0.5) is 8.78 Å². The van der Waals surface area contributed by atoms with E-state index in [-0.39, 0.29) is 5.75 Å². The van der Waals surface area contributed by atoms with Crippen LogP contribution in [0.5, 0.6) is 5.75 Å². The van der Waals surface area contributed by atoms with Gasteiger partial charge in [-0.25, -0.2) is 0 Å². The molecule has 5 heteroatoms. The van der Waals surface area contributed by atoms with Gasteiger partial charge < -0.3 is 14.6 Å². The predicted octanol–water partition coefficient (Wildman–Crippen LogP) is 3.14. The van der Waals surface area contributed by atoms with Crippen molar-refractivity contribution >= 4 is 0 Å². The third kappa shape index (κ3) is 4.44. The van der Waals surface area contributed by atoms with Gasteiger partial charge in [0.05, 0.1) is 6.10 Å². The fraction of sp³-hybridized carbons (Fsp3) is 0.571. The van der Waals surface area contributed by atoms with Gasteiger partial charge in [0, 0.05) is 13.2 Å². The molecule has 1 fully saturated rings. The molecule has 0 bridgehead atoms. The molecule has 1 heterocycles. The fourth-order valence-corrected chi connectivity index (χ4v) is 2.31. The zero-order valence-corrected chi connectivity index (χ0v) is 10.6. The molecule has 19 heavy (non-hydrogen) atoms. The van der Waals surface area contributed by atoms with Crippen LogP contribution in [0.25, 0.3) is 0 Å². The Hall–Kier alpha value is -1.20. The lowest BCUT2D eigenvalue weighted by atomic mass is 9.91. The van der Waals surface area contributed by atoms with Crippen LogP contribution in [0.2, 0.25) is 0 Å². The van der Waals surface area contributed by atoms with E-state index in [1.807, 2.05) is 0 Å². The number of benzene rings is 1. The average molecular weight is 272 g/mol. The van der Waals surface area contributed by atoms with Crippen molar-refractivity contribution in [3.05, 3.63) is 29.8 Å². The zero-order chi connectivity index (χ0) is 13.7. The molecule has 2 rings (SSSR count). The molecule has 1 unspecified atom stereocenters. The van der Waals surface area contributed by atoms with E-state index in [9.17, 15) is 13.9 Å². The Kier molecular flexibility index (Phi) is 5.10. The van der Waals surface area contributed by atoms with Crippen LogP contribution in [0.1, 0.15) is 30.9 Å². The lowest BCUT2D eigenvalue weighted by Crippen LogP contribution is -2.18.